The molecular weight excluding hydrogens is 246 g/mol. The summed E-state index contributed by atoms with van der Waals surface area (Å²) in [5, 5.41) is 7.42. The normalized spacial score (nSPS) is 11.9. The second-order valence-electron chi connectivity index (χ2n) is 4.26. The van der Waals surface area contributed by atoms with Crippen molar-refractivity contribution < 1.29 is 13.9 Å². The van der Waals surface area contributed by atoms with Crippen molar-refractivity contribution in [3.05, 3.63) is 30.7 Å². The third-order valence-corrected chi connectivity index (χ3v) is 2.56. The molecule has 0 unspecified atom stereocenters. The zero-order valence-electron chi connectivity index (χ0n) is 11.0. The first-order chi connectivity index (χ1) is 9.08. The lowest BCUT2D eigenvalue weighted by Gasteiger charge is -2.18. The number of rotatable bonds is 4. The van der Waals surface area contributed by atoms with E-state index in [-0.39, 0.29) is 5.91 Å². The minimum absolute atomic E-state index is 0.0824. The Balaban J connectivity index is 2.05. The van der Waals surface area contributed by atoms with E-state index in [4.69, 9.17) is 9.15 Å². The number of aromatic nitrogens is 2. The fourth-order valence-electron chi connectivity index (χ4n) is 1.59. The summed E-state index contributed by atoms with van der Waals surface area (Å²) in [7, 11) is 3.39. The van der Waals surface area contributed by atoms with Gasteiger partial charge in [-0.1, -0.05) is 0 Å². The van der Waals surface area contributed by atoms with Crippen LogP contribution in [-0.2, 0) is 4.79 Å². The minimum Gasteiger partial charge on any atom is -0.481 e. The third-order valence-electron chi connectivity index (χ3n) is 2.56. The van der Waals surface area contributed by atoms with E-state index >= 15 is 0 Å². The molecule has 1 amide bonds. The van der Waals surface area contributed by atoms with Gasteiger partial charge in [0.1, 0.15) is 5.75 Å². The van der Waals surface area contributed by atoms with Gasteiger partial charge in [0, 0.05) is 19.7 Å². The Kier molecular flexibility index (Phi) is 3.79. The van der Waals surface area contributed by atoms with Crippen LogP contribution in [0.5, 0.6) is 5.75 Å². The molecule has 0 saturated heterocycles. The smallest absolute Gasteiger partial charge is 0.262 e. The number of hydrogen-bond donors (Lipinski definition) is 0. The van der Waals surface area contributed by atoms with E-state index in [1.807, 2.05) is 0 Å². The molecule has 1 heterocycles. The molecule has 0 radical (unpaired) electrons. The number of hydrogen-bond acceptors (Lipinski definition) is 5. The standard InChI is InChI=1S/C13H15N3O3/c1-9(13(17)16(2)3)19-11-6-4-10(5-7-11)12-15-14-8-18-12/h4-9H,1-3H3/t9-/m0/s1. The first kappa shape index (κ1) is 13.1. The van der Waals surface area contributed by atoms with Crippen LogP contribution in [0.1, 0.15) is 6.92 Å². The molecule has 2 aromatic rings. The molecule has 100 valence electrons. The van der Waals surface area contributed by atoms with E-state index in [2.05, 4.69) is 10.2 Å². The van der Waals surface area contributed by atoms with Gasteiger partial charge in [-0.3, -0.25) is 4.79 Å². The Morgan fingerprint density at radius 2 is 2.00 bits per heavy atom. The molecule has 19 heavy (non-hydrogen) atoms. The predicted octanol–water partition coefficient (Wildman–Crippen LogP) is 1.59. The van der Waals surface area contributed by atoms with E-state index in [0.29, 0.717) is 11.6 Å². The lowest BCUT2D eigenvalue weighted by atomic mass is 10.2. The van der Waals surface area contributed by atoms with Gasteiger partial charge in [0.15, 0.2) is 6.10 Å². The van der Waals surface area contributed by atoms with Gasteiger partial charge in [0.2, 0.25) is 12.3 Å². The number of likely N-dealkylation sites (N-methyl/N-ethyl adjacent to an activating group) is 1. The summed E-state index contributed by atoms with van der Waals surface area (Å²) in [6.45, 7) is 1.72. The van der Waals surface area contributed by atoms with Crippen LogP contribution in [0.15, 0.2) is 35.1 Å². The SMILES string of the molecule is C[C@H](Oc1ccc(-c2nnco2)cc1)C(=O)N(C)C. The average Bonchev–Trinajstić information content (AvgIpc) is 2.92. The Hall–Kier alpha value is -2.37. The summed E-state index contributed by atoms with van der Waals surface area (Å²) in [5.41, 5.74) is 0.802. The van der Waals surface area contributed by atoms with Crippen LogP contribution in [-0.4, -0.2) is 41.2 Å². The van der Waals surface area contributed by atoms with Crippen LogP contribution >= 0.6 is 0 Å². The van der Waals surface area contributed by atoms with Crippen LogP contribution in [0.3, 0.4) is 0 Å². The molecule has 1 atom stereocenters. The van der Waals surface area contributed by atoms with E-state index in [1.54, 1.807) is 45.3 Å². The third kappa shape index (κ3) is 3.09. The van der Waals surface area contributed by atoms with Crippen LogP contribution in [0.2, 0.25) is 0 Å². The first-order valence-electron chi connectivity index (χ1n) is 5.82. The number of ether oxygens (including phenoxy) is 1. The van der Waals surface area contributed by atoms with E-state index < -0.39 is 6.10 Å². The van der Waals surface area contributed by atoms with E-state index in [9.17, 15) is 4.79 Å². The summed E-state index contributed by atoms with van der Waals surface area (Å²) in [6.07, 6.45) is 0.752. The van der Waals surface area contributed by atoms with Crippen molar-refractivity contribution in [1.29, 1.82) is 0 Å². The second kappa shape index (κ2) is 5.51. The van der Waals surface area contributed by atoms with Crippen LogP contribution < -0.4 is 4.74 Å². The molecule has 0 fully saturated rings. The summed E-state index contributed by atoms with van der Waals surface area (Å²) in [5.74, 6) is 0.982. The quantitative estimate of drug-likeness (QED) is 0.836. The first-order valence-corrected chi connectivity index (χ1v) is 5.82. The highest BCUT2D eigenvalue weighted by atomic mass is 16.5. The molecular formula is C13H15N3O3. The van der Waals surface area contributed by atoms with Gasteiger partial charge >= 0.3 is 0 Å². The molecule has 0 N–H and O–H groups in total. The van der Waals surface area contributed by atoms with Gasteiger partial charge in [0.25, 0.3) is 5.91 Å². The minimum atomic E-state index is -0.524. The Labute approximate surface area is 111 Å². The zero-order valence-corrected chi connectivity index (χ0v) is 11.0. The molecule has 0 bridgehead atoms. The maximum Gasteiger partial charge on any atom is 0.262 e. The fraction of sp³-hybridized carbons (Fsp3) is 0.308. The number of carbonyl (C=O) groups excluding carboxylic acids is 1. The average molecular weight is 261 g/mol. The van der Waals surface area contributed by atoms with Crippen molar-refractivity contribution in [3.63, 3.8) is 0 Å². The highest BCUT2D eigenvalue weighted by Gasteiger charge is 2.16. The summed E-state index contributed by atoms with van der Waals surface area (Å²) < 4.78 is 10.6. The summed E-state index contributed by atoms with van der Waals surface area (Å²) >= 11 is 0. The van der Waals surface area contributed by atoms with Crippen LogP contribution in [0.25, 0.3) is 11.5 Å². The van der Waals surface area contributed by atoms with Crippen LogP contribution in [0, 0.1) is 0 Å². The zero-order chi connectivity index (χ0) is 13.8. The molecule has 0 aliphatic heterocycles. The molecule has 0 saturated carbocycles. The van der Waals surface area contributed by atoms with Crippen molar-refractivity contribution in [2.45, 2.75) is 13.0 Å². The predicted molar refractivity (Wildman–Crippen MR) is 68.5 cm³/mol. The largest absolute Gasteiger partial charge is 0.481 e. The van der Waals surface area contributed by atoms with Gasteiger partial charge in [-0.25, -0.2) is 0 Å². The molecule has 6 heteroatoms. The summed E-state index contributed by atoms with van der Waals surface area (Å²) in [6, 6.07) is 7.13. The Morgan fingerprint density at radius 3 is 2.53 bits per heavy atom. The lowest BCUT2D eigenvalue weighted by molar-refractivity contribution is -0.135. The highest BCUT2D eigenvalue weighted by molar-refractivity contribution is 5.80. The monoisotopic (exact) mass is 261 g/mol. The molecule has 0 aliphatic rings. The van der Waals surface area contributed by atoms with E-state index in [0.717, 1.165) is 5.56 Å². The number of carbonyl (C=O) groups is 1. The fourth-order valence-corrected chi connectivity index (χ4v) is 1.59. The molecule has 6 nitrogen and oxygen atoms in total. The van der Waals surface area contributed by atoms with Gasteiger partial charge in [-0.05, 0) is 31.2 Å². The van der Waals surface area contributed by atoms with Gasteiger partial charge < -0.3 is 14.1 Å². The van der Waals surface area contributed by atoms with Gasteiger partial charge in [-0.2, -0.15) is 0 Å². The lowest BCUT2D eigenvalue weighted by Crippen LogP contribution is -2.35. The number of amides is 1. The number of nitrogens with zero attached hydrogens (tertiary/aromatic N) is 3. The van der Waals surface area contributed by atoms with Crippen molar-refractivity contribution >= 4 is 5.91 Å². The van der Waals surface area contributed by atoms with Gasteiger partial charge in [0.05, 0.1) is 0 Å². The molecule has 2 rings (SSSR count). The Bertz CT molecular complexity index is 535. The summed E-state index contributed by atoms with van der Waals surface area (Å²) in [4.78, 5) is 13.2. The van der Waals surface area contributed by atoms with Crippen molar-refractivity contribution in [3.8, 4) is 17.2 Å². The maximum atomic E-state index is 11.7. The van der Waals surface area contributed by atoms with Gasteiger partial charge in [-0.15, -0.1) is 10.2 Å². The molecule has 1 aromatic heterocycles. The van der Waals surface area contributed by atoms with Crippen molar-refractivity contribution in [2.75, 3.05) is 14.1 Å². The highest BCUT2D eigenvalue weighted by Crippen LogP contribution is 2.21. The van der Waals surface area contributed by atoms with Crippen molar-refractivity contribution in [2.24, 2.45) is 0 Å². The van der Waals surface area contributed by atoms with E-state index in [1.165, 1.54) is 11.3 Å². The second-order valence-corrected chi connectivity index (χ2v) is 4.26. The Morgan fingerprint density at radius 1 is 1.32 bits per heavy atom. The molecule has 1 aromatic carbocycles. The number of benzene rings is 1. The van der Waals surface area contributed by atoms with Crippen LogP contribution in [0.4, 0.5) is 0 Å². The topological polar surface area (TPSA) is 68.5 Å². The molecule has 0 aliphatic carbocycles. The maximum absolute atomic E-state index is 11.7. The van der Waals surface area contributed by atoms with Crippen molar-refractivity contribution in [1.82, 2.24) is 15.1 Å². The molecule has 0 spiro atoms.